The zero-order chi connectivity index (χ0) is 24.7. The van der Waals surface area contributed by atoms with Gasteiger partial charge in [0, 0.05) is 0 Å². The summed E-state index contributed by atoms with van der Waals surface area (Å²) in [5.41, 5.74) is 9.67. The molecule has 0 spiro atoms. The van der Waals surface area contributed by atoms with E-state index in [0.717, 1.165) is 0 Å². The molecule has 0 fully saturated rings. The minimum atomic E-state index is -2.81. The Kier molecular flexibility index (Phi) is 5.02. The molecule has 2 aliphatic carbocycles. The fourth-order valence-corrected chi connectivity index (χ4v) is 27.2. The summed E-state index contributed by atoms with van der Waals surface area (Å²) in [5, 5.41) is 6.38. The Morgan fingerprint density at radius 1 is 0.500 bits per heavy atom. The van der Waals surface area contributed by atoms with Gasteiger partial charge in [-0.05, 0) is 0 Å². The average molecular weight is 560 g/mol. The quantitative estimate of drug-likeness (QED) is 0.221. The van der Waals surface area contributed by atoms with Gasteiger partial charge in [-0.25, -0.2) is 0 Å². The van der Waals surface area contributed by atoms with Gasteiger partial charge in [0.05, 0.1) is 0 Å². The van der Waals surface area contributed by atoms with Crippen LogP contribution < -0.4 is 10.4 Å². The van der Waals surface area contributed by atoms with Gasteiger partial charge in [-0.15, -0.1) is 0 Å². The summed E-state index contributed by atoms with van der Waals surface area (Å²) in [4.78, 5) is 0. The molecule has 0 radical (unpaired) electrons. The Labute approximate surface area is 220 Å². The Balaban J connectivity index is 1.75. The van der Waals surface area contributed by atoms with Crippen LogP contribution in [0.15, 0.2) is 120 Å². The van der Waals surface area contributed by atoms with Crippen molar-refractivity contribution in [3.8, 4) is 0 Å². The van der Waals surface area contributed by atoms with Crippen molar-refractivity contribution in [2.24, 2.45) is 0 Å². The molecule has 2 atom stereocenters. The first-order chi connectivity index (χ1) is 17.5. The van der Waals surface area contributed by atoms with Gasteiger partial charge in [-0.2, -0.15) is 0 Å². The third-order valence-corrected chi connectivity index (χ3v) is 25.6. The van der Waals surface area contributed by atoms with Gasteiger partial charge in [0.25, 0.3) is 0 Å². The maximum absolute atomic E-state index is 2.81. The van der Waals surface area contributed by atoms with Crippen LogP contribution in [-0.2, 0) is 20.3 Å². The monoisotopic (exact) mass is 558 g/mol. The van der Waals surface area contributed by atoms with Crippen LogP contribution >= 0.6 is 0 Å². The first kappa shape index (κ1) is 22.6. The molecule has 0 nitrogen and oxygen atoms in total. The summed E-state index contributed by atoms with van der Waals surface area (Å²) in [5.74, 6) is 0. The second-order valence-corrected chi connectivity index (χ2v) is 26.9. The first-order valence-corrected chi connectivity index (χ1v) is 23.0. The van der Waals surface area contributed by atoms with Crippen molar-refractivity contribution in [3.63, 3.8) is 0 Å². The number of benzene rings is 4. The molecule has 3 aliphatic rings. The van der Waals surface area contributed by atoms with E-state index < -0.39 is 28.3 Å². The topological polar surface area (TPSA) is 0 Å². The van der Waals surface area contributed by atoms with Gasteiger partial charge in [-0.3, -0.25) is 0 Å². The van der Waals surface area contributed by atoms with Gasteiger partial charge in [0.15, 0.2) is 0 Å². The molecular weight excluding hydrogens is 528 g/mol. The SMILES string of the molecule is CC1=C2c3ccccc3[CH]1[Zr]([CH3])([CH3])[CH]1C(C)=C(c3ccccc31)[Si]2(c1ccccc1)c1ccccc1. The van der Waals surface area contributed by atoms with E-state index in [1.54, 1.807) is 32.7 Å². The molecule has 0 N–H and O–H groups in total. The molecule has 4 bridgehead atoms. The molecule has 176 valence electrons. The predicted molar refractivity (Wildman–Crippen MR) is 153 cm³/mol. The van der Waals surface area contributed by atoms with Gasteiger partial charge >= 0.3 is 222 Å². The Morgan fingerprint density at radius 3 is 1.28 bits per heavy atom. The molecule has 1 heterocycles. The van der Waals surface area contributed by atoms with Crippen LogP contribution in [0, 0.1) is 0 Å². The van der Waals surface area contributed by atoms with Crippen molar-refractivity contribution in [2.45, 2.75) is 30.4 Å². The molecule has 0 aromatic heterocycles. The summed E-state index contributed by atoms with van der Waals surface area (Å²) in [6.07, 6.45) is 0. The molecule has 4 aromatic carbocycles. The molecule has 7 rings (SSSR count). The number of rotatable bonds is 2. The van der Waals surface area contributed by atoms with Gasteiger partial charge < -0.3 is 0 Å². The van der Waals surface area contributed by atoms with Crippen LogP contribution in [0.5, 0.6) is 0 Å². The third-order valence-electron chi connectivity index (χ3n) is 9.39. The summed E-state index contributed by atoms with van der Waals surface area (Å²) in [6.45, 7) is 5.02. The molecule has 2 heteroatoms. The van der Waals surface area contributed by atoms with E-state index in [1.165, 1.54) is 21.5 Å². The Bertz CT molecular complexity index is 1460. The molecule has 0 saturated heterocycles. The van der Waals surface area contributed by atoms with Crippen LogP contribution in [0.2, 0.25) is 9.26 Å². The summed E-state index contributed by atoms with van der Waals surface area (Å²) >= 11 is -2.81. The first-order valence-electron chi connectivity index (χ1n) is 13.2. The Morgan fingerprint density at radius 2 is 0.861 bits per heavy atom. The standard InChI is InChI=1S/C32H26Si.2CH3.Zr/c1-23-21-25-13-9-11-19-29(25)31(23)33(27-15-5-3-6-16-27,28-17-7-4-8-18-28)32-24(2)22-26-14-10-12-20-30(26)32;;;/h3-22H,1-2H3;2*1H3;. The maximum atomic E-state index is 2.73. The minimum absolute atomic E-state index is 0.609. The van der Waals surface area contributed by atoms with Crippen LogP contribution in [0.25, 0.3) is 10.4 Å². The molecule has 36 heavy (non-hydrogen) atoms. The second kappa shape index (κ2) is 7.98. The molecule has 2 unspecified atom stereocenters. The van der Waals surface area contributed by atoms with Crippen LogP contribution in [0.4, 0.5) is 0 Å². The zero-order valence-corrected chi connectivity index (χ0v) is 25.0. The van der Waals surface area contributed by atoms with Crippen LogP contribution in [-0.4, -0.2) is 8.07 Å². The molecule has 4 aromatic rings. The average Bonchev–Trinajstić information content (AvgIpc) is 3.39. The fourth-order valence-electron chi connectivity index (χ4n) is 8.46. The van der Waals surface area contributed by atoms with Crippen molar-refractivity contribution in [1.82, 2.24) is 0 Å². The number of hydrogen-bond acceptors (Lipinski definition) is 0. The van der Waals surface area contributed by atoms with E-state index in [-0.39, 0.29) is 0 Å². The third kappa shape index (κ3) is 2.73. The normalized spacial score (nSPS) is 22.7. The zero-order valence-electron chi connectivity index (χ0n) is 21.5. The van der Waals surface area contributed by atoms with Crippen molar-refractivity contribution in [1.29, 1.82) is 0 Å². The van der Waals surface area contributed by atoms with Crippen LogP contribution in [0.3, 0.4) is 0 Å². The second-order valence-electron chi connectivity index (χ2n) is 11.5. The van der Waals surface area contributed by atoms with Crippen molar-refractivity contribution >= 4 is 28.8 Å². The summed E-state index contributed by atoms with van der Waals surface area (Å²) < 4.78 is 6.68. The summed E-state index contributed by atoms with van der Waals surface area (Å²) in [6, 6.07) is 42.1. The molecule has 1 aliphatic heterocycles. The number of fused-ring (bicyclic) bond motifs is 8. The van der Waals surface area contributed by atoms with Crippen molar-refractivity contribution in [3.05, 3.63) is 143 Å². The van der Waals surface area contributed by atoms with Crippen molar-refractivity contribution < 1.29 is 20.3 Å². The molecule has 0 amide bonds. The van der Waals surface area contributed by atoms with Gasteiger partial charge in [0.1, 0.15) is 0 Å². The van der Waals surface area contributed by atoms with E-state index >= 15 is 0 Å². The predicted octanol–water partition coefficient (Wildman–Crippen LogP) is 7.65. The van der Waals surface area contributed by atoms with E-state index in [2.05, 4.69) is 132 Å². The summed E-state index contributed by atoms with van der Waals surface area (Å²) in [7, 11) is -2.59. The van der Waals surface area contributed by atoms with E-state index in [0.29, 0.717) is 7.25 Å². The number of allylic oxidation sites excluding steroid dienone is 2. The van der Waals surface area contributed by atoms with Crippen LogP contribution in [0.1, 0.15) is 43.4 Å². The van der Waals surface area contributed by atoms with E-state index in [1.807, 2.05) is 0 Å². The van der Waals surface area contributed by atoms with Gasteiger partial charge in [-0.1, -0.05) is 0 Å². The van der Waals surface area contributed by atoms with Crippen molar-refractivity contribution in [2.75, 3.05) is 0 Å². The molecule has 0 saturated carbocycles. The van der Waals surface area contributed by atoms with E-state index in [4.69, 9.17) is 0 Å². The number of hydrogen-bond donors (Lipinski definition) is 0. The van der Waals surface area contributed by atoms with Gasteiger partial charge in [0.2, 0.25) is 0 Å². The van der Waals surface area contributed by atoms with E-state index in [9.17, 15) is 0 Å². The fraction of sp³-hybridized carbons (Fsp3) is 0.176. The Hall–Kier alpha value is -2.54. The molecular formula is C34H32SiZr.